The topological polar surface area (TPSA) is 37.5 Å². The average Bonchev–Trinajstić information content (AvgIpc) is 2.47. The van der Waals surface area contributed by atoms with Crippen LogP contribution in [0.1, 0.15) is 5.69 Å². The Morgan fingerprint density at radius 1 is 1.62 bits per heavy atom. The van der Waals surface area contributed by atoms with Gasteiger partial charge in [0.25, 0.3) is 0 Å². The minimum absolute atomic E-state index is 0.470. The van der Waals surface area contributed by atoms with Gasteiger partial charge >= 0.3 is 7.48 Å². The first-order valence-corrected chi connectivity index (χ1v) is 4.21. The normalized spacial score (nSPS) is 10.7. The lowest BCUT2D eigenvalue weighted by Gasteiger charge is -2.00. The lowest BCUT2D eigenvalue weighted by Crippen LogP contribution is -2.15. The zero-order chi connectivity index (χ0) is 9.42. The number of pyridine rings is 1. The quantitative estimate of drug-likeness (QED) is 0.671. The lowest BCUT2D eigenvalue weighted by atomic mass is 9.90. The average molecular weight is 193 g/mol. The Kier molecular flexibility index (Phi) is 2.02. The first-order chi connectivity index (χ1) is 6.22. The molecule has 2 aromatic heterocycles. The predicted octanol–water partition coefficient (Wildman–Crippen LogP) is 0.533. The first kappa shape index (κ1) is 8.60. The van der Waals surface area contributed by atoms with Crippen molar-refractivity contribution in [2.45, 2.75) is 6.92 Å². The fourth-order valence-electron chi connectivity index (χ4n) is 1.25. The molecule has 0 bridgehead atoms. The van der Waals surface area contributed by atoms with Crippen molar-refractivity contribution in [3.63, 3.8) is 0 Å². The van der Waals surface area contributed by atoms with Crippen molar-refractivity contribution in [2.75, 3.05) is 0 Å². The number of nitrogens with zero attached hydrogens (tertiary/aromatic N) is 2. The van der Waals surface area contributed by atoms with Crippen LogP contribution in [0.4, 0.5) is 0 Å². The number of imidazole rings is 1. The molecule has 0 fully saturated rings. The highest BCUT2D eigenvalue weighted by Gasteiger charge is 2.07. The van der Waals surface area contributed by atoms with Gasteiger partial charge in [0, 0.05) is 12.4 Å². The molecule has 1 radical (unpaired) electrons. The van der Waals surface area contributed by atoms with E-state index in [0.29, 0.717) is 16.1 Å². The van der Waals surface area contributed by atoms with E-state index in [1.807, 2.05) is 23.7 Å². The third-order valence-corrected chi connectivity index (χ3v) is 2.24. The van der Waals surface area contributed by atoms with Crippen LogP contribution in [0.15, 0.2) is 18.5 Å². The van der Waals surface area contributed by atoms with E-state index in [0.717, 1.165) is 13.2 Å². The van der Waals surface area contributed by atoms with Crippen LogP contribution in [-0.4, -0.2) is 21.9 Å². The molecule has 65 valence electrons. The van der Waals surface area contributed by atoms with Gasteiger partial charge in [-0.3, -0.25) is 0 Å². The van der Waals surface area contributed by atoms with Crippen molar-refractivity contribution in [3.05, 3.63) is 29.2 Å². The van der Waals surface area contributed by atoms with Crippen molar-refractivity contribution in [1.29, 1.82) is 0 Å². The maximum Gasteiger partial charge on any atom is 0.328 e. The van der Waals surface area contributed by atoms with Crippen LogP contribution in [-0.2, 0) is 0 Å². The number of rotatable bonds is 1. The smallest absolute Gasteiger partial charge is 0.328 e. The van der Waals surface area contributed by atoms with Crippen molar-refractivity contribution in [2.24, 2.45) is 0 Å². The molecule has 13 heavy (non-hydrogen) atoms. The molecular weight excluding hydrogens is 186 g/mol. The minimum atomic E-state index is 0.470. The van der Waals surface area contributed by atoms with Gasteiger partial charge in [0.2, 0.25) is 0 Å². The molecule has 0 unspecified atom stereocenters. The Labute approximate surface area is 81.3 Å². The molecule has 1 N–H and O–H groups in total. The number of aromatic nitrogens is 2. The highest BCUT2D eigenvalue weighted by molar-refractivity contribution is 6.53. The van der Waals surface area contributed by atoms with Gasteiger partial charge < -0.3 is 9.42 Å². The summed E-state index contributed by atoms with van der Waals surface area (Å²) in [5.74, 6) is 0. The molecule has 2 aromatic rings. The van der Waals surface area contributed by atoms with E-state index in [2.05, 4.69) is 4.98 Å². The van der Waals surface area contributed by atoms with Gasteiger partial charge in [-0.15, -0.1) is 0 Å². The van der Waals surface area contributed by atoms with Gasteiger partial charge in [0.15, 0.2) is 5.65 Å². The molecule has 0 atom stereocenters. The Balaban J connectivity index is 2.78. The lowest BCUT2D eigenvalue weighted by molar-refractivity contribution is 0.615. The third kappa shape index (κ3) is 1.32. The summed E-state index contributed by atoms with van der Waals surface area (Å²) in [5.41, 5.74) is 2.15. The molecule has 0 spiro atoms. The van der Waals surface area contributed by atoms with Crippen molar-refractivity contribution in [3.8, 4) is 0 Å². The molecule has 0 aromatic carbocycles. The number of hydrogen-bond acceptors (Lipinski definition) is 2. The van der Waals surface area contributed by atoms with Crippen LogP contribution in [0, 0.1) is 6.92 Å². The van der Waals surface area contributed by atoms with Crippen molar-refractivity contribution in [1.82, 2.24) is 9.38 Å². The number of fused-ring (bicyclic) bond motifs is 1. The summed E-state index contributed by atoms with van der Waals surface area (Å²) in [4.78, 5) is 4.22. The maximum absolute atomic E-state index is 8.84. The van der Waals surface area contributed by atoms with Gasteiger partial charge in [-0.1, -0.05) is 11.6 Å². The van der Waals surface area contributed by atoms with Crippen LogP contribution in [0.3, 0.4) is 0 Å². The molecule has 0 aliphatic carbocycles. The molecule has 5 heteroatoms. The molecule has 0 amide bonds. The molecular formula is C8H7BClN2O. The van der Waals surface area contributed by atoms with Crippen molar-refractivity contribution >= 4 is 30.2 Å². The second kappa shape index (κ2) is 3.05. The van der Waals surface area contributed by atoms with Crippen LogP contribution in [0.25, 0.3) is 5.65 Å². The highest BCUT2D eigenvalue weighted by Crippen LogP contribution is 2.13. The Morgan fingerprint density at radius 3 is 3.08 bits per heavy atom. The van der Waals surface area contributed by atoms with Crippen LogP contribution in [0.5, 0.6) is 0 Å². The zero-order valence-electron chi connectivity index (χ0n) is 7.03. The van der Waals surface area contributed by atoms with E-state index in [9.17, 15) is 0 Å². The fourth-order valence-corrected chi connectivity index (χ4v) is 1.51. The summed E-state index contributed by atoms with van der Waals surface area (Å²) in [6, 6.07) is 1.73. The van der Waals surface area contributed by atoms with Crippen LogP contribution >= 0.6 is 11.6 Å². The predicted molar refractivity (Wildman–Crippen MR) is 52.5 cm³/mol. The maximum atomic E-state index is 8.84. The third-order valence-electron chi connectivity index (χ3n) is 1.86. The zero-order valence-corrected chi connectivity index (χ0v) is 7.78. The SMILES string of the molecule is Cc1cn2ccc([B]O)c(Cl)c2n1. The van der Waals surface area contributed by atoms with E-state index in [1.165, 1.54) is 0 Å². The Bertz CT molecular complexity index is 455. The molecule has 0 aliphatic heterocycles. The molecule has 2 heterocycles. The van der Waals surface area contributed by atoms with Gasteiger partial charge in [-0.2, -0.15) is 0 Å². The van der Waals surface area contributed by atoms with E-state index < -0.39 is 0 Å². The fraction of sp³-hybridized carbons (Fsp3) is 0.125. The minimum Gasteiger partial charge on any atom is -0.450 e. The van der Waals surface area contributed by atoms with Crippen LogP contribution in [0.2, 0.25) is 5.02 Å². The van der Waals surface area contributed by atoms with E-state index >= 15 is 0 Å². The first-order valence-electron chi connectivity index (χ1n) is 3.83. The second-order valence-electron chi connectivity index (χ2n) is 2.83. The monoisotopic (exact) mass is 193 g/mol. The summed E-state index contributed by atoms with van der Waals surface area (Å²) >= 11 is 5.98. The summed E-state index contributed by atoms with van der Waals surface area (Å²) in [5, 5.41) is 9.31. The highest BCUT2D eigenvalue weighted by atomic mass is 35.5. The molecule has 0 saturated carbocycles. The summed E-state index contributed by atoms with van der Waals surface area (Å²) in [6.45, 7) is 1.89. The van der Waals surface area contributed by atoms with Gasteiger partial charge in [0.05, 0.1) is 10.7 Å². The largest absolute Gasteiger partial charge is 0.450 e. The van der Waals surface area contributed by atoms with E-state index in [-0.39, 0.29) is 0 Å². The van der Waals surface area contributed by atoms with Crippen LogP contribution < -0.4 is 5.46 Å². The summed E-state index contributed by atoms with van der Waals surface area (Å²) < 4.78 is 1.82. The van der Waals surface area contributed by atoms with Gasteiger partial charge in [-0.05, 0) is 18.5 Å². The number of hydrogen-bond donors (Lipinski definition) is 1. The Hall–Kier alpha value is -0.995. The molecule has 2 rings (SSSR count). The summed E-state index contributed by atoms with van der Waals surface area (Å²) in [6.07, 6.45) is 3.69. The molecule has 3 nitrogen and oxygen atoms in total. The number of halogens is 1. The number of aryl methyl sites for hydroxylation is 1. The van der Waals surface area contributed by atoms with Crippen molar-refractivity contribution < 1.29 is 5.02 Å². The standard InChI is InChI=1S/C8H7BClN2O/c1-5-4-12-3-2-6(9-13)7(10)8(12)11-5/h2-4,13H,1H3. The van der Waals surface area contributed by atoms with E-state index in [1.54, 1.807) is 6.07 Å². The second-order valence-corrected chi connectivity index (χ2v) is 3.21. The summed E-state index contributed by atoms with van der Waals surface area (Å²) in [7, 11) is 0.979. The van der Waals surface area contributed by atoms with Gasteiger partial charge in [0.1, 0.15) is 0 Å². The molecule has 0 saturated heterocycles. The molecule has 0 aliphatic rings. The van der Waals surface area contributed by atoms with E-state index in [4.69, 9.17) is 16.6 Å². The van der Waals surface area contributed by atoms with Gasteiger partial charge in [-0.25, -0.2) is 4.98 Å². The Morgan fingerprint density at radius 2 is 2.38 bits per heavy atom.